The number of hydrogen-bond donors (Lipinski definition) is 1. The van der Waals surface area contributed by atoms with Crippen LogP contribution in [-0.4, -0.2) is 42.4 Å². The predicted molar refractivity (Wildman–Crippen MR) is 58.8 cm³/mol. The van der Waals surface area contributed by atoms with Gasteiger partial charge < -0.3 is 14.7 Å². The smallest absolute Gasteiger partial charge is 0.338 e. The van der Waals surface area contributed by atoms with Gasteiger partial charge in [-0.2, -0.15) is 0 Å². The average molecular weight is 240 g/mol. The summed E-state index contributed by atoms with van der Waals surface area (Å²) in [6.07, 6.45) is 2.14. The fraction of sp³-hybridized carbons (Fsp3) is 0.455. The van der Waals surface area contributed by atoms with E-state index in [1.54, 1.807) is 12.0 Å². The van der Waals surface area contributed by atoms with Crippen LogP contribution in [0, 0.1) is 5.82 Å². The van der Waals surface area contributed by atoms with Crippen molar-refractivity contribution in [2.45, 2.75) is 12.5 Å². The third-order valence-corrected chi connectivity index (χ3v) is 2.88. The SMILES string of the molecule is COC1CCN(c2nccc(C(=O)O)c2F)C1. The highest BCUT2D eigenvalue weighted by atomic mass is 19.1. The fourth-order valence-corrected chi connectivity index (χ4v) is 1.93. The Labute approximate surface area is 97.8 Å². The number of rotatable bonds is 3. The summed E-state index contributed by atoms with van der Waals surface area (Å²) in [6.45, 7) is 1.15. The van der Waals surface area contributed by atoms with Crippen LogP contribution in [0.1, 0.15) is 16.8 Å². The summed E-state index contributed by atoms with van der Waals surface area (Å²) in [7, 11) is 1.60. The average Bonchev–Trinajstić information content (AvgIpc) is 2.77. The monoisotopic (exact) mass is 240 g/mol. The van der Waals surface area contributed by atoms with E-state index in [4.69, 9.17) is 9.84 Å². The van der Waals surface area contributed by atoms with Gasteiger partial charge in [-0.25, -0.2) is 14.2 Å². The zero-order valence-electron chi connectivity index (χ0n) is 9.39. The van der Waals surface area contributed by atoms with E-state index in [-0.39, 0.29) is 17.5 Å². The Kier molecular flexibility index (Phi) is 3.23. The van der Waals surface area contributed by atoms with Gasteiger partial charge in [-0.15, -0.1) is 0 Å². The minimum absolute atomic E-state index is 0.0460. The van der Waals surface area contributed by atoms with Gasteiger partial charge in [-0.3, -0.25) is 0 Å². The van der Waals surface area contributed by atoms with Crippen molar-refractivity contribution in [3.63, 3.8) is 0 Å². The molecule has 1 aromatic heterocycles. The van der Waals surface area contributed by atoms with Crippen LogP contribution in [0.3, 0.4) is 0 Å². The maximum absolute atomic E-state index is 13.9. The lowest BCUT2D eigenvalue weighted by atomic mass is 10.2. The van der Waals surface area contributed by atoms with Crippen molar-refractivity contribution in [3.05, 3.63) is 23.6 Å². The Balaban J connectivity index is 2.28. The molecule has 1 fully saturated rings. The number of carboxylic acid groups (broad SMARTS) is 1. The standard InChI is InChI=1S/C11H13FN2O3/c1-17-7-3-5-14(6-7)10-9(12)8(11(15)16)2-4-13-10/h2,4,7H,3,5-6H2,1H3,(H,15,16). The number of anilines is 1. The fourth-order valence-electron chi connectivity index (χ4n) is 1.93. The van der Waals surface area contributed by atoms with Gasteiger partial charge in [0.2, 0.25) is 0 Å². The molecule has 17 heavy (non-hydrogen) atoms. The van der Waals surface area contributed by atoms with Crippen molar-refractivity contribution in [1.29, 1.82) is 0 Å². The molecular formula is C11H13FN2O3. The molecule has 1 saturated heterocycles. The number of carbonyl (C=O) groups is 1. The van der Waals surface area contributed by atoms with Gasteiger partial charge in [0, 0.05) is 26.4 Å². The Morgan fingerprint density at radius 1 is 1.71 bits per heavy atom. The Bertz CT molecular complexity index is 439. The summed E-state index contributed by atoms with van der Waals surface area (Å²) < 4.78 is 19.1. The Morgan fingerprint density at radius 3 is 3.06 bits per heavy atom. The topological polar surface area (TPSA) is 62.7 Å². The summed E-state index contributed by atoms with van der Waals surface area (Å²) >= 11 is 0. The van der Waals surface area contributed by atoms with E-state index in [2.05, 4.69) is 4.98 Å². The molecule has 0 bridgehead atoms. The zero-order chi connectivity index (χ0) is 12.4. The van der Waals surface area contributed by atoms with E-state index in [1.807, 2.05) is 0 Å². The van der Waals surface area contributed by atoms with E-state index in [1.165, 1.54) is 6.20 Å². The molecule has 6 heteroatoms. The number of hydrogen-bond acceptors (Lipinski definition) is 4. The summed E-state index contributed by atoms with van der Waals surface area (Å²) in [5.41, 5.74) is -0.351. The number of aromatic nitrogens is 1. The predicted octanol–water partition coefficient (Wildman–Crippen LogP) is 1.14. The largest absolute Gasteiger partial charge is 0.478 e. The van der Waals surface area contributed by atoms with Crippen molar-refractivity contribution in [3.8, 4) is 0 Å². The molecule has 1 aliphatic rings. The lowest BCUT2D eigenvalue weighted by Gasteiger charge is -2.18. The van der Waals surface area contributed by atoms with Crippen LogP contribution in [0.5, 0.6) is 0 Å². The quantitative estimate of drug-likeness (QED) is 0.858. The summed E-state index contributed by atoms with van der Waals surface area (Å²) in [6, 6.07) is 1.16. The van der Waals surface area contributed by atoms with Crippen molar-refractivity contribution >= 4 is 11.8 Å². The third-order valence-electron chi connectivity index (χ3n) is 2.88. The first-order valence-corrected chi connectivity index (χ1v) is 5.29. The summed E-state index contributed by atoms with van der Waals surface area (Å²) in [4.78, 5) is 16.4. The van der Waals surface area contributed by atoms with Crippen LogP contribution in [0.15, 0.2) is 12.3 Å². The van der Waals surface area contributed by atoms with Gasteiger partial charge in [0.05, 0.1) is 6.10 Å². The number of halogens is 1. The molecule has 1 aliphatic heterocycles. The van der Waals surface area contributed by atoms with Crippen LogP contribution in [0.4, 0.5) is 10.2 Å². The number of carboxylic acids is 1. The molecule has 0 radical (unpaired) electrons. The van der Waals surface area contributed by atoms with E-state index >= 15 is 0 Å². The Morgan fingerprint density at radius 2 is 2.47 bits per heavy atom. The van der Waals surface area contributed by atoms with E-state index in [9.17, 15) is 9.18 Å². The van der Waals surface area contributed by atoms with Gasteiger partial charge in [0.1, 0.15) is 5.56 Å². The van der Waals surface area contributed by atoms with E-state index in [0.717, 1.165) is 12.5 Å². The van der Waals surface area contributed by atoms with Crippen molar-refractivity contribution in [2.24, 2.45) is 0 Å². The highest BCUT2D eigenvalue weighted by molar-refractivity contribution is 5.88. The summed E-state index contributed by atoms with van der Waals surface area (Å²) in [5.74, 6) is -1.98. The molecule has 1 atom stereocenters. The van der Waals surface area contributed by atoms with Crippen molar-refractivity contribution < 1.29 is 19.0 Å². The van der Waals surface area contributed by atoms with Crippen molar-refractivity contribution in [1.82, 2.24) is 4.98 Å². The first-order chi connectivity index (χ1) is 8.13. The first kappa shape index (κ1) is 11.8. The zero-order valence-corrected chi connectivity index (χ0v) is 9.39. The number of nitrogens with zero attached hydrogens (tertiary/aromatic N) is 2. The molecule has 1 unspecified atom stereocenters. The molecule has 92 valence electrons. The van der Waals surface area contributed by atoms with Crippen LogP contribution in [-0.2, 0) is 4.74 Å². The molecule has 0 spiro atoms. The van der Waals surface area contributed by atoms with Gasteiger partial charge in [-0.1, -0.05) is 0 Å². The van der Waals surface area contributed by atoms with Gasteiger partial charge in [0.15, 0.2) is 11.6 Å². The minimum atomic E-state index is -1.28. The van der Waals surface area contributed by atoms with Crippen LogP contribution in [0.25, 0.3) is 0 Å². The molecule has 0 aliphatic carbocycles. The molecule has 2 heterocycles. The molecule has 1 aromatic rings. The number of methoxy groups -OCH3 is 1. The lowest BCUT2D eigenvalue weighted by Crippen LogP contribution is -2.25. The molecular weight excluding hydrogens is 227 g/mol. The van der Waals surface area contributed by atoms with Crippen LogP contribution < -0.4 is 4.90 Å². The second kappa shape index (κ2) is 4.67. The summed E-state index contributed by atoms with van der Waals surface area (Å²) in [5, 5.41) is 8.82. The van der Waals surface area contributed by atoms with E-state index < -0.39 is 11.8 Å². The third kappa shape index (κ3) is 2.21. The highest BCUT2D eigenvalue weighted by Crippen LogP contribution is 2.24. The van der Waals surface area contributed by atoms with Gasteiger partial charge >= 0.3 is 5.97 Å². The lowest BCUT2D eigenvalue weighted by molar-refractivity contribution is 0.0692. The Hall–Kier alpha value is -1.69. The molecule has 0 amide bonds. The first-order valence-electron chi connectivity index (χ1n) is 5.29. The van der Waals surface area contributed by atoms with Crippen LogP contribution >= 0.6 is 0 Å². The number of ether oxygens (including phenoxy) is 1. The highest BCUT2D eigenvalue weighted by Gasteiger charge is 2.27. The van der Waals surface area contributed by atoms with Crippen LogP contribution in [0.2, 0.25) is 0 Å². The molecule has 0 aromatic carbocycles. The van der Waals surface area contributed by atoms with Gasteiger partial charge in [0.25, 0.3) is 0 Å². The van der Waals surface area contributed by atoms with E-state index in [0.29, 0.717) is 13.1 Å². The number of pyridine rings is 1. The minimum Gasteiger partial charge on any atom is -0.478 e. The van der Waals surface area contributed by atoms with Gasteiger partial charge in [-0.05, 0) is 12.5 Å². The molecule has 1 N–H and O–H groups in total. The molecule has 2 rings (SSSR count). The van der Waals surface area contributed by atoms with Crippen molar-refractivity contribution in [2.75, 3.05) is 25.1 Å². The number of aromatic carboxylic acids is 1. The molecule has 0 saturated carbocycles. The second-order valence-electron chi connectivity index (χ2n) is 3.89. The second-order valence-corrected chi connectivity index (χ2v) is 3.89. The molecule has 5 nitrogen and oxygen atoms in total. The maximum atomic E-state index is 13.9. The normalized spacial score (nSPS) is 19.6. The maximum Gasteiger partial charge on any atom is 0.338 e.